The first-order valence-corrected chi connectivity index (χ1v) is 9.97. The van der Waals surface area contributed by atoms with Crippen LogP contribution in [0.4, 0.5) is 0 Å². The maximum atomic E-state index is 6.70. The van der Waals surface area contributed by atoms with Crippen LogP contribution in [0.3, 0.4) is 0 Å². The quantitative estimate of drug-likeness (QED) is 0.246. The Morgan fingerprint density at radius 3 is 0.966 bits per heavy atom. The molecule has 0 amide bonds. The van der Waals surface area contributed by atoms with Crippen LogP contribution in [0.1, 0.15) is 0 Å². The number of hydrogen-bond acceptors (Lipinski definition) is 1. The molecule has 0 aliphatic carbocycles. The largest absolute Gasteiger partial charge is 0.455 e. The Bertz CT molecular complexity index is 1620. The molecule has 1 heterocycles. The van der Waals surface area contributed by atoms with Crippen LogP contribution in [0, 0.1) is 0 Å². The van der Waals surface area contributed by atoms with E-state index in [4.69, 9.17) is 4.42 Å². The lowest BCUT2D eigenvalue weighted by Crippen LogP contribution is -1.82. The maximum absolute atomic E-state index is 6.70. The summed E-state index contributed by atoms with van der Waals surface area (Å²) in [6.07, 6.45) is 0. The molecule has 0 aliphatic heterocycles. The Kier molecular flexibility index (Phi) is 2.80. The van der Waals surface area contributed by atoms with Gasteiger partial charge in [-0.2, -0.15) is 0 Å². The second-order valence-electron chi connectivity index (χ2n) is 7.69. The molecule has 29 heavy (non-hydrogen) atoms. The van der Waals surface area contributed by atoms with Crippen molar-refractivity contribution in [1.29, 1.82) is 0 Å². The fraction of sp³-hybridized carbons (Fsp3) is 0. The van der Waals surface area contributed by atoms with Gasteiger partial charge in [0.15, 0.2) is 0 Å². The zero-order valence-electron chi connectivity index (χ0n) is 15.6. The molecule has 0 saturated heterocycles. The molecule has 0 atom stereocenters. The molecule has 1 heteroatoms. The highest BCUT2D eigenvalue weighted by atomic mass is 16.3. The summed E-state index contributed by atoms with van der Waals surface area (Å²) in [7, 11) is 0. The molecule has 0 aliphatic rings. The van der Waals surface area contributed by atoms with Crippen LogP contribution >= 0.6 is 0 Å². The van der Waals surface area contributed by atoms with Crippen molar-refractivity contribution < 1.29 is 4.42 Å². The van der Waals surface area contributed by atoms with Crippen molar-refractivity contribution in [2.45, 2.75) is 0 Å². The van der Waals surface area contributed by atoms with Gasteiger partial charge in [-0.25, -0.2) is 0 Å². The smallest absolute Gasteiger partial charge is 0.143 e. The average Bonchev–Trinajstić information content (AvgIpc) is 3.21. The monoisotopic (exact) mass is 368 g/mol. The summed E-state index contributed by atoms with van der Waals surface area (Å²) in [6, 6.07) is 34.5. The van der Waals surface area contributed by atoms with Crippen molar-refractivity contribution in [2.24, 2.45) is 0 Å². The molecule has 1 nitrogen and oxygen atoms in total. The summed E-state index contributed by atoms with van der Waals surface area (Å²) >= 11 is 0. The van der Waals surface area contributed by atoms with Crippen molar-refractivity contribution in [1.82, 2.24) is 0 Å². The highest BCUT2D eigenvalue weighted by Gasteiger charge is 2.19. The summed E-state index contributed by atoms with van der Waals surface area (Å²) in [5.74, 6) is 0. The molecule has 0 unspecified atom stereocenters. The molecule has 0 radical (unpaired) electrons. The zero-order valence-corrected chi connectivity index (χ0v) is 15.6. The van der Waals surface area contributed by atoms with Gasteiger partial charge in [0, 0.05) is 21.5 Å². The summed E-state index contributed by atoms with van der Waals surface area (Å²) in [5.41, 5.74) is 1.96. The van der Waals surface area contributed by atoms with E-state index in [9.17, 15) is 0 Å². The normalized spacial score (nSPS) is 12.1. The highest BCUT2D eigenvalue weighted by Crippen LogP contribution is 2.45. The van der Waals surface area contributed by atoms with E-state index < -0.39 is 0 Å². The highest BCUT2D eigenvalue weighted by molar-refractivity contribution is 6.38. The first kappa shape index (κ1) is 15.1. The summed E-state index contributed by atoms with van der Waals surface area (Å²) in [6.45, 7) is 0. The fourth-order valence-corrected chi connectivity index (χ4v) is 5.03. The van der Waals surface area contributed by atoms with Crippen LogP contribution in [0.2, 0.25) is 0 Å². The molecule has 0 bridgehead atoms. The maximum Gasteiger partial charge on any atom is 0.143 e. The first-order chi connectivity index (χ1) is 14.4. The van der Waals surface area contributed by atoms with Gasteiger partial charge in [-0.15, -0.1) is 0 Å². The van der Waals surface area contributed by atoms with E-state index >= 15 is 0 Å². The Hall–Kier alpha value is -3.84. The van der Waals surface area contributed by atoms with Gasteiger partial charge < -0.3 is 4.42 Å². The van der Waals surface area contributed by atoms with Crippen LogP contribution in [0.25, 0.3) is 65.0 Å². The van der Waals surface area contributed by atoms with Crippen molar-refractivity contribution in [3.05, 3.63) is 97.1 Å². The van der Waals surface area contributed by atoms with E-state index in [1.54, 1.807) is 0 Å². The van der Waals surface area contributed by atoms with Crippen molar-refractivity contribution >= 4 is 65.0 Å². The molecule has 0 spiro atoms. The minimum absolute atomic E-state index is 0.982. The SMILES string of the molecule is c1ccc2c(c1)c1ccccc1c1c2oc2c3ccccc3c3ccccc3c21. The summed E-state index contributed by atoms with van der Waals surface area (Å²) in [4.78, 5) is 0. The number of fused-ring (bicyclic) bond motifs is 13. The van der Waals surface area contributed by atoms with Crippen molar-refractivity contribution in [2.75, 3.05) is 0 Å². The lowest BCUT2D eigenvalue weighted by atomic mass is 9.93. The Balaban J connectivity index is 1.94. The molecule has 0 saturated carbocycles. The number of hydrogen-bond donors (Lipinski definition) is 0. The van der Waals surface area contributed by atoms with E-state index in [-0.39, 0.29) is 0 Å². The Morgan fingerprint density at radius 2 is 0.586 bits per heavy atom. The average molecular weight is 368 g/mol. The molecule has 0 N–H and O–H groups in total. The van der Waals surface area contributed by atoms with Gasteiger partial charge in [0.2, 0.25) is 0 Å². The van der Waals surface area contributed by atoms with Crippen LogP contribution < -0.4 is 0 Å². The minimum atomic E-state index is 0.982. The summed E-state index contributed by atoms with van der Waals surface area (Å²) in [5, 5.41) is 12.3. The van der Waals surface area contributed by atoms with Gasteiger partial charge in [0.05, 0.1) is 0 Å². The third-order valence-electron chi connectivity index (χ3n) is 6.22. The molecule has 134 valence electrons. The van der Waals surface area contributed by atoms with Gasteiger partial charge in [-0.05, 0) is 32.3 Å². The minimum Gasteiger partial charge on any atom is -0.455 e. The molecule has 1 aromatic heterocycles. The predicted octanol–water partition coefficient (Wildman–Crippen LogP) is 8.20. The van der Waals surface area contributed by atoms with E-state index in [1.165, 1.54) is 53.9 Å². The van der Waals surface area contributed by atoms with Crippen LogP contribution in [-0.4, -0.2) is 0 Å². The van der Waals surface area contributed by atoms with E-state index in [0.717, 1.165) is 11.2 Å². The lowest BCUT2D eigenvalue weighted by molar-refractivity contribution is 0.677. The number of rotatable bonds is 0. The van der Waals surface area contributed by atoms with Gasteiger partial charge >= 0.3 is 0 Å². The van der Waals surface area contributed by atoms with Gasteiger partial charge in [0.25, 0.3) is 0 Å². The summed E-state index contributed by atoms with van der Waals surface area (Å²) < 4.78 is 6.70. The molecular formula is C28H16O. The third kappa shape index (κ3) is 1.85. The predicted molar refractivity (Wildman–Crippen MR) is 124 cm³/mol. The molecule has 7 aromatic rings. The molecule has 7 rings (SSSR count). The fourth-order valence-electron chi connectivity index (χ4n) is 5.03. The second-order valence-corrected chi connectivity index (χ2v) is 7.69. The third-order valence-corrected chi connectivity index (χ3v) is 6.22. The van der Waals surface area contributed by atoms with Gasteiger partial charge in [-0.1, -0.05) is 97.1 Å². The van der Waals surface area contributed by atoms with Crippen molar-refractivity contribution in [3.63, 3.8) is 0 Å². The van der Waals surface area contributed by atoms with Crippen LogP contribution in [-0.2, 0) is 0 Å². The standard InChI is InChI=1S/C28H16O/c1-5-13-21-17(9-1)19-11-3-7-15-23(19)27-25(21)26-22-14-6-2-10-18(22)20-12-4-8-16-24(20)28(26)29-27/h1-16H. The number of furan rings is 1. The van der Waals surface area contributed by atoms with Gasteiger partial charge in [0.1, 0.15) is 11.2 Å². The van der Waals surface area contributed by atoms with Gasteiger partial charge in [-0.3, -0.25) is 0 Å². The molecular weight excluding hydrogens is 352 g/mol. The van der Waals surface area contributed by atoms with Crippen LogP contribution in [0.5, 0.6) is 0 Å². The van der Waals surface area contributed by atoms with E-state index in [2.05, 4.69) is 97.1 Å². The lowest BCUT2D eigenvalue weighted by Gasteiger charge is -2.08. The van der Waals surface area contributed by atoms with E-state index in [1.807, 2.05) is 0 Å². The van der Waals surface area contributed by atoms with Crippen LogP contribution in [0.15, 0.2) is 101 Å². The van der Waals surface area contributed by atoms with E-state index in [0.29, 0.717) is 0 Å². The Labute approximate surface area is 166 Å². The topological polar surface area (TPSA) is 13.1 Å². The van der Waals surface area contributed by atoms with Crippen molar-refractivity contribution in [3.8, 4) is 0 Å². The zero-order chi connectivity index (χ0) is 18.9. The molecule has 6 aromatic carbocycles. The first-order valence-electron chi connectivity index (χ1n) is 9.97. The second kappa shape index (κ2) is 5.36. The Morgan fingerprint density at radius 1 is 0.310 bits per heavy atom. The molecule has 0 fully saturated rings. The number of benzene rings is 6.